The average Bonchev–Trinajstić information content (AvgIpc) is 2.73. The Morgan fingerprint density at radius 1 is 1.07 bits per heavy atom. The first-order valence-electron chi connectivity index (χ1n) is 9.20. The maximum absolute atomic E-state index is 13.8. The minimum Gasteiger partial charge on any atom is -0.493 e. The second kappa shape index (κ2) is 13.1. The molecule has 0 aliphatic carbocycles. The van der Waals surface area contributed by atoms with Crippen LogP contribution in [0.4, 0.5) is 10.1 Å². The number of para-hydroxylation sites is 1. The van der Waals surface area contributed by atoms with Crippen molar-refractivity contribution in [3.05, 3.63) is 53.8 Å². The van der Waals surface area contributed by atoms with Crippen molar-refractivity contribution in [3.63, 3.8) is 0 Å². The lowest BCUT2D eigenvalue weighted by atomic mass is 10.2. The summed E-state index contributed by atoms with van der Waals surface area (Å²) in [6.45, 7) is 2.07. The SMILES string of the molecule is CN=C(NCCCN(C)c1ccccc1F)NCc1ccc(OC)c(OC)c1.I. The van der Waals surface area contributed by atoms with Crippen LogP contribution >= 0.6 is 24.0 Å². The number of rotatable bonds is 9. The van der Waals surface area contributed by atoms with E-state index in [9.17, 15) is 4.39 Å². The Morgan fingerprint density at radius 3 is 2.45 bits per heavy atom. The van der Waals surface area contributed by atoms with Crippen molar-refractivity contribution in [3.8, 4) is 11.5 Å². The smallest absolute Gasteiger partial charge is 0.191 e. The Labute approximate surface area is 189 Å². The Hall–Kier alpha value is -2.23. The van der Waals surface area contributed by atoms with Crippen LogP contribution in [-0.2, 0) is 6.54 Å². The summed E-state index contributed by atoms with van der Waals surface area (Å²) < 4.78 is 24.4. The van der Waals surface area contributed by atoms with E-state index in [4.69, 9.17) is 9.47 Å². The lowest BCUT2D eigenvalue weighted by Crippen LogP contribution is -2.38. The normalized spacial score (nSPS) is 10.7. The molecule has 0 radical (unpaired) electrons. The average molecular weight is 516 g/mol. The van der Waals surface area contributed by atoms with E-state index in [1.54, 1.807) is 33.4 Å². The fourth-order valence-electron chi connectivity index (χ4n) is 2.80. The number of halogens is 2. The van der Waals surface area contributed by atoms with Gasteiger partial charge in [0.05, 0.1) is 19.9 Å². The van der Waals surface area contributed by atoms with E-state index in [1.807, 2.05) is 36.2 Å². The molecule has 0 bridgehead atoms. The summed E-state index contributed by atoms with van der Waals surface area (Å²) in [5.41, 5.74) is 1.67. The highest BCUT2D eigenvalue weighted by Crippen LogP contribution is 2.27. The van der Waals surface area contributed by atoms with Gasteiger partial charge in [-0.2, -0.15) is 0 Å². The number of hydrogen-bond acceptors (Lipinski definition) is 4. The van der Waals surface area contributed by atoms with Crippen molar-refractivity contribution >= 4 is 35.6 Å². The third-order valence-corrected chi connectivity index (χ3v) is 4.36. The molecule has 2 aromatic carbocycles. The first-order chi connectivity index (χ1) is 13.6. The van der Waals surface area contributed by atoms with Crippen LogP contribution in [0.5, 0.6) is 11.5 Å². The predicted octanol–water partition coefficient (Wildman–Crippen LogP) is 3.65. The van der Waals surface area contributed by atoms with Gasteiger partial charge in [-0.3, -0.25) is 4.99 Å². The van der Waals surface area contributed by atoms with Crippen LogP contribution in [-0.4, -0.2) is 47.4 Å². The van der Waals surface area contributed by atoms with E-state index in [1.165, 1.54) is 6.07 Å². The molecule has 6 nitrogen and oxygen atoms in total. The zero-order valence-corrected chi connectivity index (χ0v) is 19.7. The summed E-state index contributed by atoms with van der Waals surface area (Å²) in [7, 11) is 6.86. The molecule has 0 unspecified atom stereocenters. The molecule has 160 valence electrons. The number of aliphatic imine (C=N–C) groups is 1. The maximum atomic E-state index is 13.8. The number of methoxy groups -OCH3 is 2. The van der Waals surface area contributed by atoms with Crippen molar-refractivity contribution in [2.24, 2.45) is 4.99 Å². The minimum absolute atomic E-state index is 0. The van der Waals surface area contributed by atoms with Crippen molar-refractivity contribution < 1.29 is 13.9 Å². The Balaban J connectivity index is 0.00000420. The largest absolute Gasteiger partial charge is 0.493 e. The van der Waals surface area contributed by atoms with Crippen molar-refractivity contribution in [1.29, 1.82) is 0 Å². The molecule has 0 aromatic heterocycles. The molecule has 0 aliphatic rings. The van der Waals surface area contributed by atoms with E-state index in [0.717, 1.165) is 25.1 Å². The number of nitrogens with zero attached hydrogens (tertiary/aromatic N) is 2. The van der Waals surface area contributed by atoms with Gasteiger partial charge in [0.2, 0.25) is 0 Å². The van der Waals surface area contributed by atoms with Gasteiger partial charge in [-0.1, -0.05) is 18.2 Å². The second-order valence-corrected chi connectivity index (χ2v) is 6.27. The van der Waals surface area contributed by atoms with Gasteiger partial charge < -0.3 is 25.0 Å². The first kappa shape index (κ1) is 24.8. The standard InChI is InChI=1S/C21H29FN4O2.HI/c1-23-21(25-15-16-10-11-19(27-3)20(14-16)28-4)24-12-7-13-26(2)18-9-6-5-8-17(18)22;/h5-6,8-11,14H,7,12-13,15H2,1-4H3,(H2,23,24,25);1H. The molecule has 0 heterocycles. The Bertz CT molecular complexity index is 789. The molecule has 0 atom stereocenters. The molecule has 2 rings (SSSR count). The zero-order valence-electron chi connectivity index (χ0n) is 17.4. The zero-order chi connectivity index (χ0) is 20.4. The highest BCUT2D eigenvalue weighted by molar-refractivity contribution is 14.0. The van der Waals surface area contributed by atoms with Crippen LogP contribution in [0.25, 0.3) is 0 Å². The highest BCUT2D eigenvalue weighted by Gasteiger charge is 2.07. The Morgan fingerprint density at radius 2 is 1.79 bits per heavy atom. The van der Waals surface area contributed by atoms with Crippen LogP contribution in [0.15, 0.2) is 47.5 Å². The summed E-state index contributed by atoms with van der Waals surface area (Å²) >= 11 is 0. The number of guanidine groups is 1. The second-order valence-electron chi connectivity index (χ2n) is 6.27. The van der Waals surface area contributed by atoms with E-state index < -0.39 is 0 Å². The van der Waals surface area contributed by atoms with E-state index >= 15 is 0 Å². The van der Waals surface area contributed by atoms with Gasteiger partial charge in [0.15, 0.2) is 17.5 Å². The van der Waals surface area contributed by atoms with Crippen LogP contribution in [0, 0.1) is 5.82 Å². The summed E-state index contributed by atoms with van der Waals surface area (Å²) in [4.78, 5) is 6.15. The molecule has 29 heavy (non-hydrogen) atoms. The lowest BCUT2D eigenvalue weighted by molar-refractivity contribution is 0.354. The van der Waals surface area contributed by atoms with Gasteiger partial charge in [-0.05, 0) is 36.2 Å². The summed E-state index contributed by atoms with van der Waals surface area (Å²) in [5, 5.41) is 6.55. The predicted molar refractivity (Wildman–Crippen MR) is 127 cm³/mol. The van der Waals surface area contributed by atoms with Crippen molar-refractivity contribution in [2.45, 2.75) is 13.0 Å². The highest BCUT2D eigenvalue weighted by atomic mass is 127. The fraction of sp³-hybridized carbons (Fsp3) is 0.381. The number of ether oxygens (including phenoxy) is 2. The molecule has 0 aliphatic heterocycles. The summed E-state index contributed by atoms with van der Waals surface area (Å²) in [5.74, 6) is 1.90. The molecule has 0 saturated heterocycles. The molecular formula is C21H30FIN4O2. The van der Waals surface area contributed by atoms with Gasteiger partial charge >= 0.3 is 0 Å². The van der Waals surface area contributed by atoms with E-state index in [2.05, 4.69) is 15.6 Å². The number of hydrogen-bond donors (Lipinski definition) is 2. The monoisotopic (exact) mass is 516 g/mol. The molecule has 0 fully saturated rings. The van der Waals surface area contributed by atoms with Gasteiger partial charge in [0, 0.05) is 33.7 Å². The van der Waals surface area contributed by atoms with Gasteiger partial charge in [-0.25, -0.2) is 4.39 Å². The molecule has 8 heteroatoms. The van der Waals surface area contributed by atoms with Gasteiger partial charge in [0.1, 0.15) is 5.82 Å². The Kier molecular flexibility index (Phi) is 11.2. The number of anilines is 1. The minimum atomic E-state index is -0.203. The van der Waals surface area contributed by atoms with Crippen LogP contribution in [0.3, 0.4) is 0 Å². The van der Waals surface area contributed by atoms with Crippen LogP contribution in [0.2, 0.25) is 0 Å². The maximum Gasteiger partial charge on any atom is 0.191 e. The quantitative estimate of drug-likeness (QED) is 0.231. The third-order valence-electron chi connectivity index (χ3n) is 4.36. The fourth-order valence-corrected chi connectivity index (χ4v) is 2.80. The van der Waals surface area contributed by atoms with Crippen molar-refractivity contribution in [1.82, 2.24) is 10.6 Å². The number of benzene rings is 2. The van der Waals surface area contributed by atoms with Crippen molar-refractivity contribution in [2.75, 3.05) is 46.3 Å². The molecule has 2 N–H and O–H groups in total. The third kappa shape index (κ3) is 7.60. The molecule has 0 amide bonds. The topological polar surface area (TPSA) is 58.1 Å². The van der Waals surface area contributed by atoms with Crippen LogP contribution in [0.1, 0.15) is 12.0 Å². The van der Waals surface area contributed by atoms with Gasteiger partial charge in [-0.15, -0.1) is 24.0 Å². The molecule has 2 aromatic rings. The molecular weight excluding hydrogens is 486 g/mol. The lowest BCUT2D eigenvalue weighted by Gasteiger charge is -2.20. The summed E-state index contributed by atoms with van der Waals surface area (Å²) in [6, 6.07) is 12.6. The molecule has 0 saturated carbocycles. The van der Waals surface area contributed by atoms with Gasteiger partial charge in [0.25, 0.3) is 0 Å². The number of nitrogens with one attached hydrogen (secondary N) is 2. The van der Waals surface area contributed by atoms with Crippen LogP contribution < -0.4 is 25.0 Å². The van der Waals surface area contributed by atoms with E-state index in [-0.39, 0.29) is 29.8 Å². The molecule has 0 spiro atoms. The van der Waals surface area contributed by atoms with E-state index in [0.29, 0.717) is 29.7 Å². The first-order valence-corrected chi connectivity index (χ1v) is 9.20. The summed E-state index contributed by atoms with van der Waals surface area (Å²) in [6.07, 6.45) is 0.849.